The molecular weight excluding hydrogens is 248 g/mol. The van der Waals surface area contributed by atoms with E-state index in [9.17, 15) is 5.11 Å². The Labute approximate surface area is 114 Å². The number of anilines is 1. The van der Waals surface area contributed by atoms with Gasteiger partial charge in [-0.2, -0.15) is 0 Å². The van der Waals surface area contributed by atoms with Crippen LogP contribution in [0.25, 0.3) is 0 Å². The summed E-state index contributed by atoms with van der Waals surface area (Å²) in [6, 6.07) is 6.55. The Bertz CT molecular complexity index is 411. The molecule has 2 unspecified atom stereocenters. The van der Waals surface area contributed by atoms with Crippen LogP contribution in [0.1, 0.15) is 18.9 Å². The molecule has 18 heavy (non-hydrogen) atoms. The monoisotopic (exact) mass is 268 g/mol. The predicted molar refractivity (Wildman–Crippen MR) is 76.5 cm³/mol. The lowest BCUT2D eigenvalue weighted by molar-refractivity contribution is 0.259. The molecule has 0 amide bonds. The predicted octanol–water partition coefficient (Wildman–Crippen LogP) is 2.20. The molecule has 3 nitrogen and oxygen atoms in total. The van der Waals surface area contributed by atoms with Crippen LogP contribution in [0.4, 0.5) is 5.69 Å². The van der Waals surface area contributed by atoms with Crippen LogP contribution >= 0.6 is 11.6 Å². The van der Waals surface area contributed by atoms with Crippen molar-refractivity contribution in [3.63, 3.8) is 0 Å². The Morgan fingerprint density at radius 3 is 3.00 bits per heavy atom. The zero-order valence-corrected chi connectivity index (χ0v) is 11.7. The van der Waals surface area contributed by atoms with Gasteiger partial charge in [-0.05, 0) is 38.0 Å². The van der Waals surface area contributed by atoms with E-state index in [4.69, 9.17) is 11.6 Å². The van der Waals surface area contributed by atoms with Crippen molar-refractivity contribution in [2.24, 2.45) is 0 Å². The molecule has 1 aromatic rings. The van der Waals surface area contributed by atoms with Crippen LogP contribution in [0.3, 0.4) is 0 Å². The number of rotatable bonds is 2. The molecule has 1 aliphatic rings. The van der Waals surface area contributed by atoms with Gasteiger partial charge in [0.25, 0.3) is 0 Å². The number of nitrogens with one attached hydrogen (secondary N) is 1. The Hall–Kier alpha value is -0.770. The maximum atomic E-state index is 9.58. The summed E-state index contributed by atoms with van der Waals surface area (Å²) in [4.78, 5) is 2.28. The number of aryl methyl sites for hydroxylation is 1. The van der Waals surface area contributed by atoms with Gasteiger partial charge < -0.3 is 15.3 Å². The molecule has 1 aliphatic heterocycles. The number of aliphatic hydroxyl groups excluding tert-OH is 1. The van der Waals surface area contributed by atoms with E-state index >= 15 is 0 Å². The van der Waals surface area contributed by atoms with Crippen LogP contribution in [-0.2, 0) is 0 Å². The van der Waals surface area contributed by atoms with Gasteiger partial charge in [-0.15, -0.1) is 0 Å². The number of aliphatic hydroxyl groups is 1. The van der Waals surface area contributed by atoms with Crippen LogP contribution in [-0.4, -0.2) is 36.9 Å². The molecule has 1 saturated heterocycles. The van der Waals surface area contributed by atoms with Crippen molar-refractivity contribution in [1.29, 1.82) is 0 Å². The highest BCUT2D eigenvalue weighted by Crippen LogP contribution is 2.27. The number of benzene rings is 1. The Morgan fingerprint density at radius 2 is 2.28 bits per heavy atom. The molecule has 0 spiro atoms. The maximum absolute atomic E-state index is 9.58. The lowest BCUT2D eigenvalue weighted by Crippen LogP contribution is -2.43. The summed E-state index contributed by atoms with van der Waals surface area (Å²) in [6.45, 7) is 6.18. The molecule has 1 heterocycles. The number of hydrogen-bond donors (Lipinski definition) is 2. The van der Waals surface area contributed by atoms with E-state index in [-0.39, 0.29) is 12.6 Å². The Balaban J connectivity index is 2.30. The Morgan fingerprint density at radius 1 is 1.50 bits per heavy atom. The van der Waals surface area contributed by atoms with Crippen molar-refractivity contribution in [3.05, 3.63) is 28.8 Å². The highest BCUT2D eigenvalue weighted by Gasteiger charge is 2.24. The van der Waals surface area contributed by atoms with Gasteiger partial charge in [-0.1, -0.05) is 17.7 Å². The summed E-state index contributed by atoms with van der Waals surface area (Å²) >= 11 is 6.09. The summed E-state index contributed by atoms with van der Waals surface area (Å²) in [6.07, 6.45) is 1.07. The minimum absolute atomic E-state index is 0.118. The first-order chi connectivity index (χ1) is 8.61. The van der Waals surface area contributed by atoms with E-state index in [1.165, 1.54) is 5.56 Å². The lowest BCUT2D eigenvalue weighted by Gasteiger charge is -2.32. The number of halogens is 1. The van der Waals surface area contributed by atoms with Crippen molar-refractivity contribution >= 4 is 17.3 Å². The smallest absolute Gasteiger partial charge is 0.0647 e. The molecule has 100 valence electrons. The minimum Gasteiger partial charge on any atom is -0.394 e. The first kappa shape index (κ1) is 13.7. The summed E-state index contributed by atoms with van der Waals surface area (Å²) in [5, 5.41) is 13.8. The van der Waals surface area contributed by atoms with Gasteiger partial charge in [0.1, 0.15) is 0 Å². The normalized spacial score (nSPS) is 25.0. The van der Waals surface area contributed by atoms with Crippen molar-refractivity contribution < 1.29 is 5.11 Å². The third-order valence-corrected chi connectivity index (χ3v) is 3.87. The number of nitrogens with zero attached hydrogens (tertiary/aromatic N) is 1. The average Bonchev–Trinajstić information content (AvgIpc) is 2.54. The second-order valence-corrected chi connectivity index (χ2v) is 5.50. The highest BCUT2D eigenvalue weighted by atomic mass is 35.5. The van der Waals surface area contributed by atoms with Gasteiger partial charge in [0, 0.05) is 29.8 Å². The van der Waals surface area contributed by atoms with Gasteiger partial charge in [0.2, 0.25) is 0 Å². The fraction of sp³-hybridized carbons (Fsp3) is 0.571. The molecular formula is C14H21ClN2O. The summed E-state index contributed by atoms with van der Waals surface area (Å²) in [5.74, 6) is 0. The Kier molecular flexibility index (Phi) is 4.49. The maximum Gasteiger partial charge on any atom is 0.0647 e. The molecule has 0 aromatic heterocycles. The zero-order valence-electron chi connectivity index (χ0n) is 11.0. The molecule has 2 N–H and O–H groups in total. The largest absolute Gasteiger partial charge is 0.394 e. The molecule has 0 saturated carbocycles. The lowest BCUT2D eigenvalue weighted by atomic mass is 10.1. The fourth-order valence-corrected chi connectivity index (χ4v) is 2.60. The summed E-state index contributed by atoms with van der Waals surface area (Å²) in [7, 11) is 0. The van der Waals surface area contributed by atoms with Crippen molar-refractivity contribution in [2.75, 3.05) is 24.6 Å². The fourth-order valence-electron chi connectivity index (χ4n) is 2.44. The van der Waals surface area contributed by atoms with Gasteiger partial charge >= 0.3 is 0 Å². The first-order valence-electron chi connectivity index (χ1n) is 6.49. The van der Waals surface area contributed by atoms with Crippen LogP contribution in [0.15, 0.2) is 18.2 Å². The quantitative estimate of drug-likeness (QED) is 0.863. The van der Waals surface area contributed by atoms with E-state index < -0.39 is 0 Å². The van der Waals surface area contributed by atoms with Gasteiger partial charge in [-0.25, -0.2) is 0 Å². The molecule has 0 radical (unpaired) electrons. The first-order valence-corrected chi connectivity index (χ1v) is 6.86. The van der Waals surface area contributed by atoms with Gasteiger partial charge in [-0.3, -0.25) is 0 Å². The second-order valence-electron chi connectivity index (χ2n) is 5.06. The van der Waals surface area contributed by atoms with Crippen LogP contribution < -0.4 is 10.2 Å². The molecule has 0 aliphatic carbocycles. The minimum atomic E-state index is 0.118. The molecule has 2 rings (SSSR count). The van der Waals surface area contributed by atoms with E-state index in [0.717, 1.165) is 30.2 Å². The second kappa shape index (κ2) is 5.91. The van der Waals surface area contributed by atoms with Crippen LogP contribution in [0, 0.1) is 6.92 Å². The van der Waals surface area contributed by atoms with Crippen molar-refractivity contribution in [1.82, 2.24) is 5.32 Å². The molecule has 4 heteroatoms. The van der Waals surface area contributed by atoms with E-state index in [0.29, 0.717) is 6.04 Å². The SMILES string of the molecule is Cc1ccc(Cl)cc1N1CCC(C)NCC1CO. The average molecular weight is 269 g/mol. The van der Waals surface area contributed by atoms with Crippen LogP contribution in [0.5, 0.6) is 0 Å². The zero-order chi connectivity index (χ0) is 13.1. The molecule has 1 fully saturated rings. The third-order valence-electron chi connectivity index (χ3n) is 3.64. The van der Waals surface area contributed by atoms with Crippen molar-refractivity contribution in [2.45, 2.75) is 32.4 Å². The van der Waals surface area contributed by atoms with Crippen LogP contribution in [0.2, 0.25) is 5.02 Å². The third kappa shape index (κ3) is 2.97. The number of hydrogen-bond acceptors (Lipinski definition) is 3. The van der Waals surface area contributed by atoms with Crippen molar-refractivity contribution in [3.8, 4) is 0 Å². The van der Waals surface area contributed by atoms with E-state index in [2.05, 4.69) is 24.1 Å². The molecule has 0 bridgehead atoms. The summed E-state index contributed by atoms with van der Waals surface area (Å²) in [5.41, 5.74) is 2.34. The summed E-state index contributed by atoms with van der Waals surface area (Å²) < 4.78 is 0. The molecule has 1 aromatic carbocycles. The van der Waals surface area contributed by atoms with Gasteiger partial charge in [0.15, 0.2) is 0 Å². The van der Waals surface area contributed by atoms with E-state index in [1.807, 2.05) is 18.2 Å². The molecule has 2 atom stereocenters. The highest BCUT2D eigenvalue weighted by molar-refractivity contribution is 6.30. The van der Waals surface area contributed by atoms with Gasteiger partial charge in [0.05, 0.1) is 12.6 Å². The standard InChI is InChI=1S/C14H21ClN2O/c1-10-3-4-12(15)7-14(10)17-6-5-11(2)16-8-13(17)9-18/h3-4,7,11,13,16,18H,5-6,8-9H2,1-2H3. The topological polar surface area (TPSA) is 35.5 Å². The van der Waals surface area contributed by atoms with E-state index in [1.54, 1.807) is 0 Å².